The van der Waals surface area contributed by atoms with Crippen LogP contribution in [0.5, 0.6) is 5.75 Å². The van der Waals surface area contributed by atoms with Crippen LogP contribution < -0.4 is 10.1 Å². The molecule has 8 nitrogen and oxygen atoms in total. The van der Waals surface area contributed by atoms with Crippen LogP contribution in [0.3, 0.4) is 0 Å². The minimum Gasteiger partial charge on any atom is -0.496 e. The molecule has 28 heavy (non-hydrogen) atoms. The quantitative estimate of drug-likeness (QED) is 0.668. The van der Waals surface area contributed by atoms with Crippen molar-refractivity contribution in [1.29, 1.82) is 0 Å². The Hall–Kier alpha value is -2.45. The molecule has 0 unspecified atom stereocenters. The number of piperidine rings is 1. The van der Waals surface area contributed by atoms with Crippen molar-refractivity contribution in [1.82, 2.24) is 25.2 Å². The Labute approximate surface area is 165 Å². The van der Waals surface area contributed by atoms with Crippen LogP contribution in [0.25, 0.3) is 0 Å². The second kappa shape index (κ2) is 9.66. The fraction of sp³-hybridized carbons (Fsp3) is 0.550. The summed E-state index contributed by atoms with van der Waals surface area (Å²) in [4.78, 5) is 14.5. The van der Waals surface area contributed by atoms with Crippen molar-refractivity contribution in [3.63, 3.8) is 0 Å². The molecule has 8 heteroatoms. The second-order valence-electron chi connectivity index (χ2n) is 7.25. The summed E-state index contributed by atoms with van der Waals surface area (Å²) in [5, 5.41) is 19.7. The first-order valence-electron chi connectivity index (χ1n) is 9.77. The smallest absolute Gasteiger partial charge is 0.273 e. The lowest BCUT2D eigenvalue weighted by atomic mass is 10.0. The predicted octanol–water partition coefficient (Wildman–Crippen LogP) is 1.54. The Kier molecular flexibility index (Phi) is 7.00. The molecule has 1 aromatic heterocycles. The highest BCUT2D eigenvalue weighted by Crippen LogP contribution is 2.24. The molecule has 0 bridgehead atoms. The van der Waals surface area contributed by atoms with Crippen LogP contribution in [-0.2, 0) is 6.54 Å². The van der Waals surface area contributed by atoms with E-state index in [1.165, 1.54) is 5.56 Å². The van der Waals surface area contributed by atoms with Crippen molar-refractivity contribution >= 4 is 5.91 Å². The normalized spacial score (nSPS) is 17.5. The van der Waals surface area contributed by atoms with E-state index in [0.29, 0.717) is 18.7 Å². The average Bonchev–Trinajstić information content (AvgIpc) is 3.19. The number of rotatable bonds is 8. The number of nitrogens with one attached hydrogen (secondary N) is 1. The number of amides is 1. The van der Waals surface area contributed by atoms with E-state index in [9.17, 15) is 4.79 Å². The van der Waals surface area contributed by atoms with Gasteiger partial charge in [0.2, 0.25) is 0 Å². The van der Waals surface area contributed by atoms with Gasteiger partial charge in [0.15, 0.2) is 5.69 Å². The Morgan fingerprint density at radius 1 is 1.43 bits per heavy atom. The summed E-state index contributed by atoms with van der Waals surface area (Å²) in [6, 6.07) is 6.51. The Balaban J connectivity index is 1.59. The number of ether oxygens (including phenoxy) is 1. The SMILES string of the molecule is COc1ccc(CN2CCC[C@@H](n3cc(C(=O)NCCCO)nn3)C2)cc1C. The lowest BCUT2D eigenvalue weighted by Gasteiger charge is -2.32. The van der Waals surface area contributed by atoms with Crippen molar-refractivity contribution in [2.24, 2.45) is 0 Å². The number of aliphatic hydroxyl groups excluding tert-OH is 1. The van der Waals surface area contributed by atoms with Gasteiger partial charge >= 0.3 is 0 Å². The van der Waals surface area contributed by atoms with E-state index in [4.69, 9.17) is 9.84 Å². The number of nitrogens with zero attached hydrogens (tertiary/aromatic N) is 4. The summed E-state index contributed by atoms with van der Waals surface area (Å²) in [5.41, 5.74) is 2.73. The van der Waals surface area contributed by atoms with E-state index >= 15 is 0 Å². The van der Waals surface area contributed by atoms with E-state index in [1.54, 1.807) is 13.3 Å². The summed E-state index contributed by atoms with van der Waals surface area (Å²) in [7, 11) is 1.69. The predicted molar refractivity (Wildman–Crippen MR) is 105 cm³/mol. The fourth-order valence-corrected chi connectivity index (χ4v) is 3.62. The zero-order chi connectivity index (χ0) is 19.9. The van der Waals surface area contributed by atoms with Gasteiger partial charge in [-0.05, 0) is 49.9 Å². The lowest BCUT2D eigenvalue weighted by molar-refractivity contribution is 0.0946. The first kappa shape index (κ1) is 20.3. The van der Waals surface area contributed by atoms with Gasteiger partial charge in [-0.3, -0.25) is 9.69 Å². The molecule has 1 aliphatic heterocycles. The molecular weight excluding hydrogens is 358 g/mol. The van der Waals surface area contributed by atoms with E-state index in [1.807, 2.05) is 10.7 Å². The maximum atomic E-state index is 12.1. The molecule has 1 aromatic carbocycles. The molecule has 0 spiro atoms. The van der Waals surface area contributed by atoms with Crippen LogP contribution >= 0.6 is 0 Å². The number of likely N-dealkylation sites (tertiary alicyclic amines) is 1. The Morgan fingerprint density at radius 3 is 3.04 bits per heavy atom. The van der Waals surface area contributed by atoms with Crippen molar-refractivity contribution in [3.8, 4) is 5.75 Å². The second-order valence-corrected chi connectivity index (χ2v) is 7.25. The van der Waals surface area contributed by atoms with Crippen LogP contribution in [0.15, 0.2) is 24.4 Å². The largest absolute Gasteiger partial charge is 0.496 e. The first-order chi connectivity index (χ1) is 13.6. The standard InChI is InChI=1S/C20H29N5O3/c1-15-11-16(6-7-19(15)28-2)12-24-9-3-5-17(13-24)25-14-18(22-23-25)20(27)21-8-4-10-26/h6-7,11,14,17,26H,3-5,8-10,12-13H2,1-2H3,(H,21,27)/t17-/m1/s1. The molecule has 0 aliphatic carbocycles. The number of aromatic nitrogens is 3. The average molecular weight is 387 g/mol. The number of carbonyl (C=O) groups is 1. The third kappa shape index (κ3) is 5.08. The molecule has 2 aromatic rings. The van der Waals surface area contributed by atoms with E-state index in [-0.39, 0.29) is 18.6 Å². The topological polar surface area (TPSA) is 92.5 Å². The molecule has 2 heterocycles. The molecule has 0 radical (unpaired) electrons. The molecule has 2 N–H and O–H groups in total. The fourth-order valence-electron chi connectivity index (χ4n) is 3.62. The van der Waals surface area contributed by atoms with Gasteiger partial charge in [-0.2, -0.15) is 0 Å². The monoisotopic (exact) mass is 387 g/mol. The van der Waals surface area contributed by atoms with Gasteiger partial charge < -0.3 is 15.2 Å². The lowest BCUT2D eigenvalue weighted by Crippen LogP contribution is -2.36. The third-order valence-corrected chi connectivity index (χ3v) is 5.08. The number of aliphatic hydroxyl groups is 1. The van der Waals surface area contributed by atoms with Crippen molar-refractivity contribution in [2.45, 2.75) is 38.8 Å². The van der Waals surface area contributed by atoms with Gasteiger partial charge in [-0.15, -0.1) is 5.10 Å². The van der Waals surface area contributed by atoms with E-state index in [2.05, 4.69) is 39.6 Å². The number of methoxy groups -OCH3 is 1. The minimum atomic E-state index is -0.249. The first-order valence-corrected chi connectivity index (χ1v) is 9.77. The van der Waals surface area contributed by atoms with Gasteiger partial charge in [0.25, 0.3) is 5.91 Å². The van der Waals surface area contributed by atoms with Gasteiger partial charge in [0.05, 0.1) is 19.3 Å². The number of hydrogen-bond donors (Lipinski definition) is 2. The van der Waals surface area contributed by atoms with Gasteiger partial charge in [0.1, 0.15) is 5.75 Å². The van der Waals surface area contributed by atoms with Gasteiger partial charge in [-0.25, -0.2) is 4.68 Å². The maximum Gasteiger partial charge on any atom is 0.273 e. The van der Waals surface area contributed by atoms with Crippen LogP contribution in [-0.4, -0.2) is 64.3 Å². The van der Waals surface area contributed by atoms with Crippen molar-refractivity contribution in [3.05, 3.63) is 41.2 Å². The zero-order valence-corrected chi connectivity index (χ0v) is 16.6. The summed E-state index contributed by atoms with van der Waals surface area (Å²) < 4.78 is 7.15. The van der Waals surface area contributed by atoms with Crippen molar-refractivity contribution in [2.75, 3.05) is 33.4 Å². The Bertz CT molecular complexity index is 792. The van der Waals surface area contributed by atoms with Gasteiger partial charge in [-0.1, -0.05) is 17.3 Å². The number of carbonyl (C=O) groups excluding carboxylic acids is 1. The van der Waals surface area contributed by atoms with E-state index < -0.39 is 0 Å². The summed E-state index contributed by atoms with van der Waals surface area (Å²) >= 11 is 0. The highest BCUT2D eigenvalue weighted by atomic mass is 16.5. The van der Waals surface area contributed by atoms with Crippen molar-refractivity contribution < 1.29 is 14.6 Å². The third-order valence-electron chi connectivity index (χ3n) is 5.08. The summed E-state index contributed by atoms with van der Waals surface area (Å²) in [6.07, 6.45) is 4.35. The number of aryl methyl sites for hydroxylation is 1. The van der Waals surface area contributed by atoms with Crippen LogP contribution in [0.1, 0.15) is 46.9 Å². The summed E-state index contributed by atoms with van der Waals surface area (Å²) in [5.74, 6) is 0.661. The molecule has 3 rings (SSSR count). The maximum absolute atomic E-state index is 12.1. The highest BCUT2D eigenvalue weighted by Gasteiger charge is 2.23. The van der Waals surface area contributed by atoms with Gasteiger partial charge in [0, 0.05) is 26.2 Å². The molecule has 152 valence electrons. The molecular formula is C20H29N5O3. The number of benzene rings is 1. The molecule has 1 saturated heterocycles. The molecule has 0 saturated carbocycles. The highest BCUT2D eigenvalue weighted by molar-refractivity contribution is 5.91. The van der Waals surface area contributed by atoms with Crippen LogP contribution in [0, 0.1) is 6.92 Å². The van der Waals surface area contributed by atoms with E-state index in [0.717, 1.165) is 43.8 Å². The summed E-state index contributed by atoms with van der Waals surface area (Å²) in [6.45, 7) is 5.35. The molecule has 1 amide bonds. The molecule has 1 aliphatic rings. The number of hydrogen-bond acceptors (Lipinski definition) is 6. The van der Waals surface area contributed by atoms with Crippen LogP contribution in [0.4, 0.5) is 0 Å². The Morgan fingerprint density at radius 2 is 2.29 bits per heavy atom. The molecule has 1 atom stereocenters. The zero-order valence-electron chi connectivity index (χ0n) is 16.6. The molecule has 1 fully saturated rings. The minimum absolute atomic E-state index is 0.0542. The van der Waals surface area contributed by atoms with Crippen LogP contribution in [0.2, 0.25) is 0 Å².